The molecular weight excluding hydrogens is 401 g/mol. The number of halogens is 1. The lowest BCUT2D eigenvalue weighted by Crippen LogP contribution is -2.34. The fourth-order valence-corrected chi connectivity index (χ4v) is 3.58. The lowest BCUT2D eigenvalue weighted by Gasteiger charge is -2.20. The Labute approximate surface area is 178 Å². The molecule has 3 aromatic rings. The summed E-state index contributed by atoms with van der Waals surface area (Å²) < 4.78 is 24.2. The average molecular weight is 421 g/mol. The first-order valence-electron chi connectivity index (χ1n) is 9.93. The summed E-state index contributed by atoms with van der Waals surface area (Å²) in [5, 5.41) is 6.27. The third-order valence-electron chi connectivity index (χ3n) is 5.13. The zero-order chi connectivity index (χ0) is 21.2. The first kappa shape index (κ1) is 19.1. The Hall–Kier alpha value is -3.88. The Morgan fingerprint density at radius 1 is 1.19 bits per heavy atom. The van der Waals surface area contributed by atoms with Gasteiger partial charge in [0.1, 0.15) is 5.82 Å². The number of nitrogens with zero attached hydrogens (tertiary/aromatic N) is 3. The molecule has 0 spiro atoms. The van der Waals surface area contributed by atoms with Crippen LogP contribution in [0.5, 0.6) is 11.5 Å². The number of hydrogen-bond acceptors (Lipinski definition) is 7. The Morgan fingerprint density at radius 2 is 2.10 bits per heavy atom. The van der Waals surface area contributed by atoms with E-state index in [1.54, 1.807) is 23.2 Å². The topological polar surface area (TPSA) is 88.6 Å². The van der Waals surface area contributed by atoms with E-state index >= 15 is 0 Å². The van der Waals surface area contributed by atoms with E-state index in [4.69, 9.17) is 9.47 Å². The summed E-state index contributed by atoms with van der Waals surface area (Å²) in [4.78, 5) is 23.6. The molecule has 2 aliphatic heterocycles. The third-order valence-corrected chi connectivity index (χ3v) is 5.13. The van der Waals surface area contributed by atoms with Gasteiger partial charge < -0.3 is 25.0 Å². The van der Waals surface area contributed by atoms with Gasteiger partial charge in [0.25, 0.3) is 0 Å². The van der Waals surface area contributed by atoms with Crippen molar-refractivity contribution in [2.75, 3.05) is 30.5 Å². The second-order valence-corrected chi connectivity index (χ2v) is 7.30. The molecule has 31 heavy (non-hydrogen) atoms. The van der Waals surface area contributed by atoms with E-state index in [9.17, 15) is 9.18 Å². The van der Waals surface area contributed by atoms with Gasteiger partial charge in [-0.1, -0.05) is 12.1 Å². The van der Waals surface area contributed by atoms with Crippen LogP contribution in [0.2, 0.25) is 0 Å². The number of rotatable bonds is 4. The number of aromatic nitrogens is 2. The molecule has 0 aliphatic carbocycles. The summed E-state index contributed by atoms with van der Waals surface area (Å²) in [5.74, 6) is 1.35. The van der Waals surface area contributed by atoms with Gasteiger partial charge in [-0.25, -0.2) is 14.4 Å². The second kappa shape index (κ2) is 8.10. The van der Waals surface area contributed by atoms with E-state index < -0.39 is 0 Å². The van der Waals surface area contributed by atoms with Crippen molar-refractivity contribution in [2.45, 2.75) is 13.0 Å². The number of carbonyl (C=O) groups is 1. The van der Waals surface area contributed by atoms with Crippen molar-refractivity contribution in [1.82, 2.24) is 14.9 Å². The van der Waals surface area contributed by atoms with E-state index in [-0.39, 0.29) is 24.9 Å². The molecule has 0 saturated heterocycles. The van der Waals surface area contributed by atoms with Gasteiger partial charge in [0.05, 0.1) is 30.5 Å². The molecular formula is C22H20FN5O3. The Bertz CT molecular complexity index is 1140. The SMILES string of the molecule is O=C(Cc1ccc2c(c1)OCO2)N1CCNc2cnc(Nc3cccc(F)c3)nc2C1. The van der Waals surface area contributed by atoms with E-state index in [1.807, 2.05) is 18.2 Å². The predicted molar refractivity (Wildman–Crippen MR) is 112 cm³/mol. The van der Waals surface area contributed by atoms with E-state index in [0.29, 0.717) is 48.5 Å². The minimum absolute atomic E-state index is 0.00762. The van der Waals surface area contributed by atoms with Gasteiger partial charge >= 0.3 is 0 Å². The molecule has 1 amide bonds. The van der Waals surface area contributed by atoms with E-state index in [0.717, 1.165) is 11.3 Å². The summed E-state index contributed by atoms with van der Waals surface area (Å²) in [6.07, 6.45) is 1.93. The smallest absolute Gasteiger partial charge is 0.231 e. The maximum Gasteiger partial charge on any atom is 0.231 e. The monoisotopic (exact) mass is 421 g/mol. The van der Waals surface area contributed by atoms with Crippen LogP contribution in [0, 0.1) is 5.82 Å². The maximum absolute atomic E-state index is 13.4. The van der Waals surface area contributed by atoms with Crippen molar-refractivity contribution < 1.29 is 18.7 Å². The molecule has 0 fully saturated rings. The van der Waals surface area contributed by atoms with Gasteiger partial charge in [0.2, 0.25) is 18.6 Å². The number of amides is 1. The number of fused-ring (bicyclic) bond motifs is 2. The minimum Gasteiger partial charge on any atom is -0.454 e. The molecule has 0 atom stereocenters. The lowest BCUT2D eigenvalue weighted by molar-refractivity contribution is -0.130. The van der Waals surface area contributed by atoms with Crippen LogP contribution in [-0.4, -0.2) is 40.7 Å². The highest BCUT2D eigenvalue weighted by Crippen LogP contribution is 2.32. The first-order valence-corrected chi connectivity index (χ1v) is 9.93. The molecule has 9 heteroatoms. The Balaban J connectivity index is 1.31. The average Bonchev–Trinajstić information content (AvgIpc) is 3.11. The molecule has 2 aromatic carbocycles. The summed E-state index contributed by atoms with van der Waals surface area (Å²) in [7, 11) is 0. The van der Waals surface area contributed by atoms with Crippen LogP contribution in [0.4, 0.5) is 21.7 Å². The van der Waals surface area contributed by atoms with Crippen molar-refractivity contribution >= 4 is 23.2 Å². The number of nitrogens with one attached hydrogen (secondary N) is 2. The van der Waals surface area contributed by atoms with Gasteiger partial charge in [-0.2, -0.15) is 0 Å². The fraction of sp³-hybridized carbons (Fsp3) is 0.227. The van der Waals surface area contributed by atoms with Crippen LogP contribution >= 0.6 is 0 Å². The summed E-state index contributed by atoms with van der Waals surface area (Å²) in [5.41, 5.74) is 2.90. The van der Waals surface area contributed by atoms with Crippen molar-refractivity contribution in [1.29, 1.82) is 0 Å². The number of benzene rings is 2. The predicted octanol–water partition coefficient (Wildman–Crippen LogP) is 3.08. The maximum atomic E-state index is 13.4. The van der Waals surface area contributed by atoms with E-state index in [1.165, 1.54) is 12.1 Å². The number of hydrogen-bond donors (Lipinski definition) is 2. The standard InChI is InChI=1S/C22H20FN5O3/c23-15-2-1-3-16(10-15)26-22-25-11-17-18(27-22)12-28(7-6-24-17)21(29)9-14-4-5-19-20(8-14)31-13-30-19/h1-5,8,10-11,24H,6-7,9,12-13H2,(H,25,26,27). The normalized spacial score (nSPS) is 14.4. The van der Waals surface area contributed by atoms with Crippen molar-refractivity contribution in [3.05, 3.63) is 65.7 Å². The third kappa shape index (κ3) is 4.20. The molecule has 8 nitrogen and oxygen atoms in total. The molecule has 2 N–H and O–H groups in total. The number of anilines is 3. The van der Waals surface area contributed by atoms with Crippen LogP contribution in [0.15, 0.2) is 48.7 Å². The Kier molecular flexibility index (Phi) is 4.99. The Morgan fingerprint density at radius 3 is 3.00 bits per heavy atom. The zero-order valence-corrected chi connectivity index (χ0v) is 16.6. The summed E-state index contributed by atoms with van der Waals surface area (Å²) in [6.45, 7) is 1.70. The molecule has 3 heterocycles. The fourth-order valence-electron chi connectivity index (χ4n) is 3.58. The quantitative estimate of drug-likeness (QED) is 0.669. The van der Waals surface area contributed by atoms with Crippen LogP contribution in [0.25, 0.3) is 0 Å². The molecule has 5 rings (SSSR count). The highest BCUT2D eigenvalue weighted by Gasteiger charge is 2.22. The molecule has 0 unspecified atom stereocenters. The largest absolute Gasteiger partial charge is 0.454 e. The van der Waals surface area contributed by atoms with Crippen molar-refractivity contribution in [3.63, 3.8) is 0 Å². The molecule has 0 saturated carbocycles. The molecule has 0 radical (unpaired) electrons. The van der Waals surface area contributed by atoms with Crippen molar-refractivity contribution in [3.8, 4) is 11.5 Å². The molecule has 2 aliphatic rings. The van der Waals surface area contributed by atoms with E-state index in [2.05, 4.69) is 20.6 Å². The van der Waals surface area contributed by atoms with Crippen LogP contribution < -0.4 is 20.1 Å². The van der Waals surface area contributed by atoms with Crippen LogP contribution in [0.3, 0.4) is 0 Å². The highest BCUT2D eigenvalue weighted by atomic mass is 19.1. The molecule has 1 aromatic heterocycles. The lowest BCUT2D eigenvalue weighted by atomic mass is 10.1. The number of ether oxygens (including phenoxy) is 2. The highest BCUT2D eigenvalue weighted by molar-refractivity contribution is 5.79. The first-order chi connectivity index (χ1) is 15.1. The van der Waals surface area contributed by atoms with Gasteiger partial charge in [-0.15, -0.1) is 0 Å². The second-order valence-electron chi connectivity index (χ2n) is 7.30. The molecule has 0 bridgehead atoms. The van der Waals surface area contributed by atoms with Gasteiger partial charge in [-0.3, -0.25) is 4.79 Å². The van der Waals surface area contributed by atoms with Crippen molar-refractivity contribution in [2.24, 2.45) is 0 Å². The van der Waals surface area contributed by atoms with Crippen LogP contribution in [-0.2, 0) is 17.8 Å². The minimum atomic E-state index is -0.346. The summed E-state index contributed by atoms with van der Waals surface area (Å²) >= 11 is 0. The van der Waals surface area contributed by atoms with Gasteiger partial charge in [0, 0.05) is 18.8 Å². The van der Waals surface area contributed by atoms with Gasteiger partial charge in [-0.05, 0) is 35.9 Å². The molecule has 158 valence electrons. The summed E-state index contributed by atoms with van der Waals surface area (Å²) in [6, 6.07) is 11.6. The zero-order valence-electron chi connectivity index (χ0n) is 16.6. The van der Waals surface area contributed by atoms with Gasteiger partial charge in [0.15, 0.2) is 11.5 Å². The number of carbonyl (C=O) groups excluding carboxylic acids is 1. The van der Waals surface area contributed by atoms with Crippen LogP contribution in [0.1, 0.15) is 11.3 Å².